The fourth-order valence-electron chi connectivity index (χ4n) is 2.28. The highest BCUT2D eigenvalue weighted by Crippen LogP contribution is 2.25. The average Bonchev–Trinajstić information content (AvgIpc) is 2.70. The summed E-state index contributed by atoms with van der Waals surface area (Å²) in [5.41, 5.74) is 4.06. The molecule has 1 unspecified atom stereocenters. The van der Waals surface area contributed by atoms with Crippen molar-refractivity contribution < 1.29 is 9.84 Å². The minimum absolute atomic E-state index is 0.482. The zero-order valence-corrected chi connectivity index (χ0v) is 12.6. The first kappa shape index (κ1) is 14.6. The average molecular weight is 274 g/mol. The molecule has 1 aromatic carbocycles. The molecule has 0 spiro atoms. The number of nitrogens with zero attached hydrogens (tertiary/aromatic N) is 2. The van der Waals surface area contributed by atoms with Gasteiger partial charge in [-0.25, -0.2) is 0 Å². The summed E-state index contributed by atoms with van der Waals surface area (Å²) >= 11 is 0. The summed E-state index contributed by atoms with van der Waals surface area (Å²) < 4.78 is 7.63. The molecule has 0 bridgehead atoms. The molecule has 20 heavy (non-hydrogen) atoms. The fourth-order valence-corrected chi connectivity index (χ4v) is 2.28. The summed E-state index contributed by atoms with van der Waals surface area (Å²) in [6, 6.07) is 7.87. The van der Waals surface area contributed by atoms with Gasteiger partial charge in [0.15, 0.2) is 0 Å². The van der Waals surface area contributed by atoms with Crippen LogP contribution in [0.2, 0.25) is 0 Å². The minimum atomic E-state index is -0.482. The van der Waals surface area contributed by atoms with Crippen LogP contribution in [-0.2, 0) is 6.54 Å². The van der Waals surface area contributed by atoms with Crippen molar-refractivity contribution in [3.8, 4) is 5.75 Å². The van der Waals surface area contributed by atoms with Crippen LogP contribution in [0.15, 0.2) is 24.3 Å². The maximum absolute atomic E-state index is 9.73. The van der Waals surface area contributed by atoms with E-state index in [4.69, 9.17) is 4.74 Å². The van der Waals surface area contributed by atoms with Crippen LogP contribution in [-0.4, -0.2) is 21.5 Å². The predicted molar refractivity (Wildman–Crippen MR) is 79.0 cm³/mol. The largest absolute Gasteiger partial charge is 0.494 e. The Morgan fingerprint density at radius 1 is 1.30 bits per heavy atom. The van der Waals surface area contributed by atoms with Crippen LogP contribution in [0.3, 0.4) is 0 Å². The first-order valence-electron chi connectivity index (χ1n) is 6.96. The molecule has 0 saturated carbocycles. The van der Waals surface area contributed by atoms with Crippen LogP contribution in [0.1, 0.15) is 42.5 Å². The zero-order chi connectivity index (χ0) is 14.7. The van der Waals surface area contributed by atoms with Gasteiger partial charge in [0.05, 0.1) is 24.9 Å². The molecule has 1 heterocycles. The molecule has 0 saturated heterocycles. The van der Waals surface area contributed by atoms with Crippen molar-refractivity contribution in [1.82, 2.24) is 9.78 Å². The Bertz CT molecular complexity index is 588. The van der Waals surface area contributed by atoms with Gasteiger partial charge in [-0.1, -0.05) is 6.07 Å². The quantitative estimate of drug-likeness (QED) is 0.911. The molecule has 1 aromatic heterocycles. The lowest BCUT2D eigenvalue weighted by molar-refractivity contribution is 0.199. The first-order chi connectivity index (χ1) is 9.51. The second-order valence-electron chi connectivity index (χ2n) is 5.06. The monoisotopic (exact) mass is 274 g/mol. The van der Waals surface area contributed by atoms with Gasteiger partial charge in [-0.3, -0.25) is 4.68 Å². The van der Waals surface area contributed by atoms with Gasteiger partial charge in [0.2, 0.25) is 0 Å². The number of ether oxygens (including phenoxy) is 1. The molecular formula is C16H22N2O2. The highest BCUT2D eigenvalue weighted by atomic mass is 16.5. The molecule has 0 amide bonds. The Balaban J connectivity index is 2.36. The molecule has 1 N–H and O–H groups in total. The summed E-state index contributed by atoms with van der Waals surface area (Å²) in [5, 5.41) is 14.2. The Morgan fingerprint density at radius 2 is 2.05 bits per heavy atom. The van der Waals surface area contributed by atoms with Gasteiger partial charge in [-0.05, 0) is 51.5 Å². The molecule has 0 aliphatic heterocycles. The van der Waals surface area contributed by atoms with Crippen LogP contribution in [0.25, 0.3) is 0 Å². The van der Waals surface area contributed by atoms with Gasteiger partial charge in [0.1, 0.15) is 5.75 Å². The number of aromatic nitrogens is 2. The van der Waals surface area contributed by atoms with Gasteiger partial charge in [-0.15, -0.1) is 0 Å². The van der Waals surface area contributed by atoms with Crippen molar-refractivity contribution in [2.45, 2.75) is 40.3 Å². The van der Waals surface area contributed by atoms with Crippen LogP contribution in [0.5, 0.6) is 5.75 Å². The van der Waals surface area contributed by atoms with Crippen molar-refractivity contribution in [1.29, 1.82) is 0 Å². The summed E-state index contributed by atoms with van der Waals surface area (Å²) in [6.07, 6.45) is -0.482. The summed E-state index contributed by atoms with van der Waals surface area (Å²) in [4.78, 5) is 0. The molecule has 0 aliphatic carbocycles. The molecule has 108 valence electrons. The zero-order valence-electron chi connectivity index (χ0n) is 12.6. The smallest absolute Gasteiger partial charge is 0.124 e. The minimum Gasteiger partial charge on any atom is -0.494 e. The molecule has 1 atom stereocenters. The summed E-state index contributed by atoms with van der Waals surface area (Å²) in [5.74, 6) is 0.851. The van der Waals surface area contributed by atoms with Gasteiger partial charge in [0.25, 0.3) is 0 Å². The summed E-state index contributed by atoms with van der Waals surface area (Å²) in [6.45, 7) is 9.03. The number of aliphatic hydroxyl groups is 1. The lowest BCUT2D eigenvalue weighted by Crippen LogP contribution is -2.07. The van der Waals surface area contributed by atoms with Gasteiger partial charge in [0, 0.05) is 11.3 Å². The van der Waals surface area contributed by atoms with E-state index in [1.807, 2.05) is 43.7 Å². The van der Waals surface area contributed by atoms with E-state index >= 15 is 0 Å². The topological polar surface area (TPSA) is 47.3 Å². The maximum Gasteiger partial charge on any atom is 0.124 e. The van der Waals surface area contributed by atoms with E-state index in [0.717, 1.165) is 28.3 Å². The van der Waals surface area contributed by atoms with Crippen LogP contribution >= 0.6 is 0 Å². The second-order valence-corrected chi connectivity index (χ2v) is 5.06. The third-order valence-corrected chi connectivity index (χ3v) is 3.29. The van der Waals surface area contributed by atoms with E-state index in [1.165, 1.54) is 0 Å². The lowest BCUT2D eigenvalue weighted by atomic mass is 10.1. The normalized spacial score (nSPS) is 12.4. The number of benzene rings is 1. The molecule has 4 nitrogen and oxygen atoms in total. The number of aliphatic hydroxyl groups excluding tert-OH is 1. The lowest BCUT2D eigenvalue weighted by Gasteiger charge is -2.14. The third kappa shape index (κ3) is 3.20. The Hall–Kier alpha value is -1.81. The number of aryl methyl sites for hydroxylation is 2. The SMILES string of the molecule is CCOc1ccc(C(C)O)cc1Cn1nc(C)cc1C. The standard InChI is InChI=1S/C16H22N2O2/c1-5-20-16-7-6-14(13(4)19)9-15(16)10-18-12(3)8-11(2)17-18/h6-9,13,19H,5,10H2,1-4H3. The molecule has 0 aliphatic rings. The Kier molecular flexibility index (Phi) is 4.45. The van der Waals surface area contributed by atoms with Gasteiger partial charge in [-0.2, -0.15) is 5.10 Å². The van der Waals surface area contributed by atoms with Crippen molar-refractivity contribution in [2.75, 3.05) is 6.61 Å². The van der Waals surface area contributed by atoms with Crippen LogP contribution in [0, 0.1) is 13.8 Å². The van der Waals surface area contributed by atoms with Crippen molar-refractivity contribution in [3.63, 3.8) is 0 Å². The Morgan fingerprint density at radius 3 is 2.60 bits per heavy atom. The van der Waals surface area contributed by atoms with Crippen molar-refractivity contribution in [3.05, 3.63) is 46.8 Å². The van der Waals surface area contributed by atoms with E-state index < -0.39 is 6.10 Å². The van der Waals surface area contributed by atoms with E-state index in [2.05, 4.69) is 11.2 Å². The maximum atomic E-state index is 9.73. The second kappa shape index (κ2) is 6.09. The third-order valence-electron chi connectivity index (χ3n) is 3.29. The van der Waals surface area contributed by atoms with Crippen molar-refractivity contribution in [2.24, 2.45) is 0 Å². The van der Waals surface area contributed by atoms with E-state index in [9.17, 15) is 5.11 Å². The fraction of sp³-hybridized carbons (Fsp3) is 0.438. The van der Waals surface area contributed by atoms with E-state index in [-0.39, 0.29) is 0 Å². The van der Waals surface area contributed by atoms with Crippen molar-refractivity contribution >= 4 is 0 Å². The molecule has 4 heteroatoms. The predicted octanol–water partition coefficient (Wildman–Crippen LogP) is 3.00. The van der Waals surface area contributed by atoms with Gasteiger partial charge < -0.3 is 9.84 Å². The van der Waals surface area contributed by atoms with Crippen LogP contribution < -0.4 is 4.74 Å². The molecule has 2 rings (SSSR count). The molecule has 0 radical (unpaired) electrons. The molecular weight excluding hydrogens is 252 g/mol. The number of rotatable bonds is 5. The molecule has 2 aromatic rings. The van der Waals surface area contributed by atoms with Gasteiger partial charge >= 0.3 is 0 Å². The van der Waals surface area contributed by atoms with Crippen LogP contribution in [0.4, 0.5) is 0 Å². The highest BCUT2D eigenvalue weighted by molar-refractivity contribution is 5.38. The highest BCUT2D eigenvalue weighted by Gasteiger charge is 2.10. The number of hydrogen-bond donors (Lipinski definition) is 1. The Labute approximate surface area is 120 Å². The molecule has 0 fully saturated rings. The van der Waals surface area contributed by atoms with E-state index in [0.29, 0.717) is 13.2 Å². The number of hydrogen-bond acceptors (Lipinski definition) is 3. The summed E-state index contributed by atoms with van der Waals surface area (Å²) in [7, 11) is 0. The first-order valence-corrected chi connectivity index (χ1v) is 6.96. The van der Waals surface area contributed by atoms with E-state index in [1.54, 1.807) is 6.92 Å².